The summed E-state index contributed by atoms with van der Waals surface area (Å²) in [5, 5.41) is 2.91. The van der Waals surface area contributed by atoms with Gasteiger partial charge in [-0.15, -0.1) is 0 Å². The van der Waals surface area contributed by atoms with Crippen molar-refractivity contribution in [1.82, 2.24) is 20.2 Å². The van der Waals surface area contributed by atoms with Gasteiger partial charge in [0.15, 0.2) is 5.69 Å². The van der Waals surface area contributed by atoms with Crippen molar-refractivity contribution < 1.29 is 4.79 Å². The number of likely N-dealkylation sites (tertiary alicyclic amines) is 1. The maximum absolute atomic E-state index is 12.4. The van der Waals surface area contributed by atoms with Crippen molar-refractivity contribution in [2.75, 3.05) is 19.6 Å². The summed E-state index contributed by atoms with van der Waals surface area (Å²) in [6.45, 7) is 12.9. The molecule has 0 aliphatic carbocycles. The summed E-state index contributed by atoms with van der Waals surface area (Å²) in [7, 11) is 0. The van der Waals surface area contributed by atoms with Gasteiger partial charge in [0, 0.05) is 18.3 Å². The molecule has 2 rings (SSSR count). The van der Waals surface area contributed by atoms with Crippen LogP contribution in [0.15, 0.2) is 4.79 Å². The molecule has 2 N–H and O–H groups in total. The third-order valence-corrected chi connectivity index (χ3v) is 5.08. The number of aromatic nitrogens is 2. The van der Waals surface area contributed by atoms with Crippen LogP contribution in [0.2, 0.25) is 0 Å². The van der Waals surface area contributed by atoms with Crippen LogP contribution in [0.1, 0.15) is 55.5 Å². The fraction of sp³-hybridized carbons (Fsp3) is 0.722. The van der Waals surface area contributed by atoms with Crippen LogP contribution in [0.3, 0.4) is 0 Å². The van der Waals surface area contributed by atoms with Crippen molar-refractivity contribution in [3.63, 3.8) is 0 Å². The third kappa shape index (κ3) is 4.44. The molecule has 6 nitrogen and oxygen atoms in total. The molecule has 6 heteroatoms. The normalized spacial score (nSPS) is 17.9. The van der Waals surface area contributed by atoms with Crippen LogP contribution in [0.5, 0.6) is 0 Å². The number of rotatable bonds is 5. The minimum Gasteiger partial charge on any atom is -0.349 e. The number of nitrogens with zero attached hydrogens (tertiary/aromatic N) is 2. The summed E-state index contributed by atoms with van der Waals surface area (Å²) < 4.78 is 0. The third-order valence-electron chi connectivity index (χ3n) is 5.08. The Labute approximate surface area is 144 Å². The smallest absolute Gasteiger partial charge is 0.279 e. The van der Waals surface area contributed by atoms with E-state index in [1.54, 1.807) is 13.8 Å². The van der Waals surface area contributed by atoms with Gasteiger partial charge in [0.05, 0.1) is 5.69 Å². The fourth-order valence-electron chi connectivity index (χ4n) is 3.20. The molecule has 0 radical (unpaired) electrons. The van der Waals surface area contributed by atoms with E-state index in [4.69, 9.17) is 0 Å². The van der Waals surface area contributed by atoms with Crippen LogP contribution in [-0.4, -0.2) is 46.5 Å². The number of nitrogens with one attached hydrogen (secondary N) is 2. The SMILES string of the molecule is Cc1nc(C(=O)NC[C@H](C(C)C)N2CCC(C)CC2)c(=O)[nH]c1C. The standard InChI is InChI=1S/C18H30N4O2/c1-11(2)15(22-8-6-12(3)7-9-22)10-19-17(23)16-18(24)21-14(5)13(4)20-16/h11-12,15H,6-10H2,1-5H3,(H,19,23)(H,21,24)/t15-/m1/s1. The van der Waals surface area contributed by atoms with Gasteiger partial charge >= 0.3 is 0 Å². The van der Waals surface area contributed by atoms with Crippen molar-refractivity contribution in [2.45, 2.75) is 53.5 Å². The number of amides is 1. The number of H-pyrrole nitrogens is 1. The Morgan fingerprint density at radius 2 is 1.96 bits per heavy atom. The molecule has 1 atom stereocenters. The van der Waals surface area contributed by atoms with Gasteiger partial charge in [-0.3, -0.25) is 14.5 Å². The van der Waals surface area contributed by atoms with E-state index in [2.05, 4.69) is 41.0 Å². The van der Waals surface area contributed by atoms with E-state index in [1.807, 2.05) is 0 Å². The first-order chi connectivity index (χ1) is 11.3. The second-order valence-electron chi connectivity index (χ2n) is 7.36. The van der Waals surface area contributed by atoms with Gasteiger partial charge in [0.2, 0.25) is 0 Å². The number of carbonyl (C=O) groups excluding carboxylic acids is 1. The molecule has 24 heavy (non-hydrogen) atoms. The lowest BCUT2D eigenvalue weighted by Gasteiger charge is -2.38. The van der Waals surface area contributed by atoms with Crippen molar-refractivity contribution in [3.05, 3.63) is 27.4 Å². The lowest BCUT2D eigenvalue weighted by molar-refractivity contribution is 0.0857. The molecule has 2 heterocycles. The molecule has 0 unspecified atom stereocenters. The highest BCUT2D eigenvalue weighted by atomic mass is 16.2. The zero-order valence-electron chi connectivity index (χ0n) is 15.5. The maximum Gasteiger partial charge on any atom is 0.279 e. The van der Waals surface area contributed by atoms with E-state index in [0.29, 0.717) is 23.9 Å². The maximum atomic E-state index is 12.4. The molecule has 1 aliphatic rings. The molecular formula is C18H30N4O2. The number of carbonyl (C=O) groups is 1. The van der Waals surface area contributed by atoms with Gasteiger partial charge in [-0.1, -0.05) is 20.8 Å². The second-order valence-corrected chi connectivity index (χ2v) is 7.36. The number of aryl methyl sites for hydroxylation is 2. The highest BCUT2D eigenvalue weighted by molar-refractivity contribution is 5.91. The quantitative estimate of drug-likeness (QED) is 0.862. The number of hydrogen-bond acceptors (Lipinski definition) is 4. The monoisotopic (exact) mass is 334 g/mol. The predicted molar refractivity (Wildman–Crippen MR) is 95.3 cm³/mol. The van der Waals surface area contributed by atoms with Crippen LogP contribution in [0, 0.1) is 25.7 Å². The lowest BCUT2D eigenvalue weighted by atomic mass is 9.94. The van der Waals surface area contributed by atoms with Crippen molar-refractivity contribution in [1.29, 1.82) is 0 Å². The highest BCUT2D eigenvalue weighted by Crippen LogP contribution is 2.21. The van der Waals surface area contributed by atoms with Crippen molar-refractivity contribution in [2.24, 2.45) is 11.8 Å². The van der Waals surface area contributed by atoms with E-state index in [-0.39, 0.29) is 11.7 Å². The Bertz CT molecular complexity index is 630. The molecule has 1 amide bonds. The van der Waals surface area contributed by atoms with Gasteiger partial charge in [-0.25, -0.2) is 4.98 Å². The zero-order valence-corrected chi connectivity index (χ0v) is 15.5. The second kappa shape index (κ2) is 7.92. The van der Waals surface area contributed by atoms with Crippen molar-refractivity contribution >= 4 is 5.91 Å². The Balaban J connectivity index is 2.03. The molecule has 0 bridgehead atoms. The first-order valence-corrected chi connectivity index (χ1v) is 8.89. The molecule has 0 spiro atoms. The van der Waals surface area contributed by atoms with Gasteiger partial charge in [-0.05, 0) is 51.6 Å². The van der Waals surface area contributed by atoms with Crippen LogP contribution in [0.4, 0.5) is 0 Å². The Morgan fingerprint density at radius 1 is 1.33 bits per heavy atom. The zero-order chi connectivity index (χ0) is 17.9. The Hall–Kier alpha value is -1.69. The fourth-order valence-corrected chi connectivity index (χ4v) is 3.20. The highest BCUT2D eigenvalue weighted by Gasteiger charge is 2.26. The topological polar surface area (TPSA) is 78.1 Å². The molecule has 0 aromatic carbocycles. The summed E-state index contributed by atoms with van der Waals surface area (Å²) in [5.74, 6) is 0.821. The number of piperidine rings is 1. The molecule has 1 fully saturated rings. The molecule has 1 saturated heterocycles. The Morgan fingerprint density at radius 3 is 2.54 bits per heavy atom. The largest absolute Gasteiger partial charge is 0.349 e. The summed E-state index contributed by atoms with van der Waals surface area (Å²) in [6, 6.07) is 0.284. The first kappa shape index (κ1) is 18.6. The van der Waals surface area contributed by atoms with E-state index >= 15 is 0 Å². The average molecular weight is 334 g/mol. The van der Waals surface area contributed by atoms with E-state index in [9.17, 15) is 9.59 Å². The predicted octanol–water partition coefficient (Wildman–Crippen LogP) is 1.87. The molecule has 1 aromatic heterocycles. The summed E-state index contributed by atoms with van der Waals surface area (Å²) in [4.78, 5) is 33.6. The summed E-state index contributed by atoms with van der Waals surface area (Å²) in [5.41, 5.74) is 0.889. The van der Waals surface area contributed by atoms with Crippen LogP contribution >= 0.6 is 0 Å². The van der Waals surface area contributed by atoms with Crippen molar-refractivity contribution in [3.8, 4) is 0 Å². The molecular weight excluding hydrogens is 304 g/mol. The first-order valence-electron chi connectivity index (χ1n) is 8.89. The molecule has 1 aromatic rings. The molecule has 134 valence electrons. The molecule has 1 aliphatic heterocycles. The lowest BCUT2D eigenvalue weighted by Crippen LogP contribution is -2.50. The van der Waals surface area contributed by atoms with Gasteiger partial charge in [0.25, 0.3) is 11.5 Å². The van der Waals surface area contributed by atoms with Crippen LogP contribution < -0.4 is 10.9 Å². The van der Waals surface area contributed by atoms with E-state index in [0.717, 1.165) is 19.0 Å². The van der Waals surface area contributed by atoms with E-state index < -0.39 is 11.5 Å². The molecule has 0 saturated carbocycles. The average Bonchev–Trinajstić information content (AvgIpc) is 2.52. The number of hydrogen-bond donors (Lipinski definition) is 2. The van der Waals surface area contributed by atoms with Crippen LogP contribution in [0.25, 0.3) is 0 Å². The minimum absolute atomic E-state index is 0.0483. The van der Waals surface area contributed by atoms with Crippen LogP contribution in [-0.2, 0) is 0 Å². The number of aromatic amines is 1. The summed E-state index contributed by atoms with van der Waals surface area (Å²) in [6.07, 6.45) is 2.41. The van der Waals surface area contributed by atoms with Gasteiger partial charge in [-0.2, -0.15) is 0 Å². The Kier molecular flexibility index (Phi) is 6.15. The van der Waals surface area contributed by atoms with Gasteiger partial charge in [0.1, 0.15) is 0 Å². The summed E-state index contributed by atoms with van der Waals surface area (Å²) >= 11 is 0. The van der Waals surface area contributed by atoms with E-state index in [1.165, 1.54) is 12.8 Å². The minimum atomic E-state index is -0.427. The van der Waals surface area contributed by atoms with Gasteiger partial charge < -0.3 is 10.3 Å².